The summed E-state index contributed by atoms with van der Waals surface area (Å²) in [5.74, 6) is -1.02. The third kappa shape index (κ3) is 21.7. The zero-order chi connectivity index (χ0) is 25.2. The van der Waals surface area contributed by atoms with Crippen LogP contribution in [0.15, 0.2) is 25.3 Å². The summed E-state index contributed by atoms with van der Waals surface area (Å²) in [5, 5.41) is 0. The quantitative estimate of drug-likeness (QED) is 0.0603. The first-order valence-corrected chi connectivity index (χ1v) is 23.0. The highest BCUT2D eigenvalue weighted by atomic mass is 127. The van der Waals surface area contributed by atoms with Gasteiger partial charge in [-0.25, -0.2) is 9.59 Å². The predicted molar refractivity (Wildman–Crippen MR) is 167 cm³/mol. The van der Waals surface area contributed by atoms with E-state index in [-0.39, 0.29) is 45.7 Å². The van der Waals surface area contributed by atoms with Crippen molar-refractivity contribution in [1.29, 1.82) is 0 Å². The summed E-state index contributed by atoms with van der Waals surface area (Å²) in [6.07, 6.45) is 1.12. The lowest BCUT2D eigenvalue weighted by molar-refractivity contribution is -0.141. The predicted octanol–water partition coefficient (Wildman–Crippen LogP) is 2.52. The van der Waals surface area contributed by atoms with Gasteiger partial charge in [0.25, 0.3) is 0 Å². The third-order valence-corrected chi connectivity index (χ3v) is 7.07. The lowest BCUT2D eigenvalue weighted by atomic mass is 10.3. The van der Waals surface area contributed by atoms with E-state index in [9.17, 15) is 9.59 Å². The molecule has 9 nitrogen and oxygen atoms in total. The number of hydrogen-bond donors (Lipinski definition) is 0. The van der Waals surface area contributed by atoms with Crippen LogP contribution in [-0.2, 0) is 42.1 Å². The third-order valence-electron chi connectivity index (χ3n) is 3.25. The molecule has 5 unspecified atom stereocenters. The van der Waals surface area contributed by atoms with Gasteiger partial charge in [0.1, 0.15) is 31.5 Å². The second kappa shape index (κ2) is 21.9. The molecule has 186 valence electrons. The van der Waals surface area contributed by atoms with Gasteiger partial charge < -0.3 is 32.5 Å². The van der Waals surface area contributed by atoms with Crippen molar-refractivity contribution in [2.24, 2.45) is 0 Å². The number of carbonyl (C=O) groups excluding carboxylic acids is 2. The summed E-state index contributed by atoms with van der Waals surface area (Å²) in [6, 6.07) is 0. The maximum absolute atomic E-state index is 11.3. The van der Waals surface area contributed by atoms with Crippen LogP contribution in [0.1, 0.15) is 0 Å². The van der Waals surface area contributed by atoms with Crippen molar-refractivity contribution in [3.05, 3.63) is 25.3 Å². The van der Waals surface area contributed by atoms with Crippen LogP contribution in [-0.4, -0.2) is 92.6 Å². The molecule has 18 heteroatoms. The molecule has 0 heterocycles. The number of esters is 2. The highest BCUT2D eigenvalue weighted by molar-refractivity contribution is 14.2. The average Bonchev–Trinajstić information content (AvgIpc) is 2.73. The summed E-state index contributed by atoms with van der Waals surface area (Å²) in [7, 11) is 5.87. The Labute approximate surface area is 240 Å². The molecule has 0 saturated carbocycles. The van der Waals surface area contributed by atoms with Crippen molar-refractivity contribution in [1.82, 2.24) is 0 Å². The monoisotopic (exact) mass is 858 g/mol. The second-order valence-electron chi connectivity index (χ2n) is 6.19. The maximum Gasteiger partial charge on any atom is 0.330 e. The van der Waals surface area contributed by atoms with Gasteiger partial charge in [0.2, 0.25) is 0 Å². The summed E-state index contributed by atoms with van der Waals surface area (Å²) >= 11 is 6.59. The van der Waals surface area contributed by atoms with Crippen molar-refractivity contribution >= 4 is 118 Å². The first-order chi connectivity index (χ1) is 15.6. The van der Waals surface area contributed by atoms with Gasteiger partial charge in [-0.05, 0) is 66.1 Å². The van der Waals surface area contributed by atoms with Crippen molar-refractivity contribution in [2.45, 2.75) is 18.3 Å². The Morgan fingerprint density at radius 1 is 0.667 bits per heavy atom. The van der Waals surface area contributed by atoms with Gasteiger partial charge in [-0.2, -0.15) is 0 Å². The van der Waals surface area contributed by atoms with E-state index in [1.165, 1.54) is 0 Å². The molecule has 0 amide bonds. The highest BCUT2D eigenvalue weighted by Crippen LogP contribution is 2.43. The molecular formula is C15H27B3I3O9P3. The zero-order valence-electron chi connectivity index (χ0n) is 18.7. The molecule has 0 fully saturated rings. The summed E-state index contributed by atoms with van der Waals surface area (Å²) in [6.45, 7) is 7.95. The van der Waals surface area contributed by atoms with E-state index in [1.54, 1.807) is 0 Å². The molecule has 0 aliphatic heterocycles. The van der Waals surface area contributed by atoms with Gasteiger partial charge in [0.05, 0.1) is 26.4 Å². The minimum Gasteiger partial charge on any atom is -0.460 e. The van der Waals surface area contributed by atoms with E-state index in [1.807, 2.05) is 22.7 Å². The average molecular weight is 857 g/mol. The Kier molecular flexibility index (Phi) is 23.2. The maximum atomic E-state index is 11.3. The van der Waals surface area contributed by atoms with E-state index in [0.29, 0.717) is 0 Å². The molecule has 0 rings (SSSR count). The molecule has 0 spiro atoms. The molecular weight excluding hydrogens is 830 g/mol. The molecule has 33 heavy (non-hydrogen) atoms. The van der Waals surface area contributed by atoms with Crippen LogP contribution < -0.4 is 0 Å². The van der Waals surface area contributed by atoms with Crippen molar-refractivity contribution < 1.29 is 42.1 Å². The van der Waals surface area contributed by atoms with E-state index < -0.39 is 41.2 Å². The number of ether oxygens (including phenoxy) is 4. The first kappa shape index (κ1) is 34.9. The van der Waals surface area contributed by atoms with Crippen LogP contribution in [0.3, 0.4) is 0 Å². The SMILES string of the molecule is BP(I)OC(COCC(COC(=O)C=C)OP(B)I)COCC(COC(=O)C=C)OP(B)I. The fraction of sp³-hybridized carbons (Fsp3) is 0.600. The van der Waals surface area contributed by atoms with E-state index >= 15 is 0 Å². The fourth-order valence-electron chi connectivity index (χ4n) is 2.07. The van der Waals surface area contributed by atoms with E-state index in [2.05, 4.69) is 79.3 Å². The number of halogens is 3. The molecule has 0 aromatic carbocycles. The summed E-state index contributed by atoms with van der Waals surface area (Å²) < 4.78 is 39.3. The molecule has 0 aromatic heterocycles. The van der Waals surface area contributed by atoms with Gasteiger partial charge in [-0.15, -0.1) is 0 Å². The molecule has 0 N–H and O–H groups in total. The molecule has 0 radical (unpaired) electrons. The Morgan fingerprint density at radius 3 is 1.18 bits per heavy atom. The largest absolute Gasteiger partial charge is 0.460 e. The minimum absolute atomic E-state index is 0.0775. The zero-order valence-corrected chi connectivity index (χ0v) is 27.8. The van der Waals surface area contributed by atoms with Crippen LogP contribution >= 0.6 is 83.1 Å². The molecule has 0 aromatic rings. The Morgan fingerprint density at radius 2 is 0.939 bits per heavy atom. The Balaban J connectivity index is 4.67. The van der Waals surface area contributed by atoms with Crippen LogP contribution in [0, 0.1) is 0 Å². The van der Waals surface area contributed by atoms with Crippen molar-refractivity contribution in [3.63, 3.8) is 0 Å². The van der Waals surface area contributed by atoms with Crippen LogP contribution in [0.2, 0.25) is 0 Å². The molecule has 5 atom stereocenters. The lowest BCUT2D eigenvalue weighted by Crippen LogP contribution is -2.31. The van der Waals surface area contributed by atoms with Crippen LogP contribution in [0.5, 0.6) is 0 Å². The molecule has 0 aliphatic rings. The van der Waals surface area contributed by atoms with Gasteiger partial charge in [0.15, 0.2) is 22.7 Å². The Bertz CT molecular complexity index is 553. The number of hydrogen-bond acceptors (Lipinski definition) is 9. The van der Waals surface area contributed by atoms with Crippen molar-refractivity contribution in [2.75, 3.05) is 39.6 Å². The van der Waals surface area contributed by atoms with Gasteiger partial charge >= 0.3 is 11.9 Å². The minimum atomic E-state index is -0.691. The van der Waals surface area contributed by atoms with Crippen molar-refractivity contribution in [3.8, 4) is 0 Å². The molecule has 0 bridgehead atoms. The van der Waals surface area contributed by atoms with Crippen LogP contribution in [0.4, 0.5) is 0 Å². The molecule has 0 saturated heterocycles. The van der Waals surface area contributed by atoms with E-state index in [4.69, 9.17) is 32.5 Å². The lowest BCUT2D eigenvalue weighted by Gasteiger charge is -2.24. The van der Waals surface area contributed by atoms with Crippen LogP contribution in [0.25, 0.3) is 0 Å². The summed E-state index contributed by atoms with van der Waals surface area (Å²) in [4.78, 5) is 22.7. The normalized spacial score (nSPS) is 16.6. The highest BCUT2D eigenvalue weighted by Gasteiger charge is 2.20. The van der Waals surface area contributed by atoms with E-state index in [0.717, 1.165) is 12.2 Å². The first-order valence-electron chi connectivity index (χ1n) is 9.50. The van der Waals surface area contributed by atoms with Gasteiger partial charge in [-0.3, -0.25) is 0 Å². The topological polar surface area (TPSA) is 98.8 Å². The number of rotatable bonds is 20. The smallest absolute Gasteiger partial charge is 0.330 e. The number of carbonyl (C=O) groups is 2. The second-order valence-corrected chi connectivity index (χ2v) is 21.6. The fourth-order valence-corrected chi connectivity index (χ4v) is 6.57. The Hall–Kier alpha value is 1.89. The van der Waals surface area contributed by atoms with Gasteiger partial charge in [0, 0.05) is 29.2 Å². The summed E-state index contributed by atoms with van der Waals surface area (Å²) in [5.41, 5.74) is -2.06. The standard InChI is InChI=1S/C15H27B3I3O9P3/c1-3-14(22)26-9-12(29-32(17)20)7-24-5-11(28-31(16)19)6-25-8-13(30-33(18)21)10-27-15(23)4-2/h3-4,11-13H,1-2,5-10,16-18H2. The molecule has 0 aliphatic carbocycles. The van der Waals surface area contributed by atoms with Gasteiger partial charge in [-0.1, -0.05) is 13.2 Å².